The van der Waals surface area contributed by atoms with Crippen LogP contribution < -0.4 is 9.79 Å². The van der Waals surface area contributed by atoms with E-state index in [4.69, 9.17) is 4.74 Å². The van der Waals surface area contributed by atoms with Crippen LogP contribution in [0.5, 0.6) is 0 Å². The lowest BCUT2D eigenvalue weighted by atomic mass is 10.2. The lowest BCUT2D eigenvalue weighted by Gasteiger charge is -2.28. The first-order chi connectivity index (χ1) is 8.69. The first kappa shape index (κ1) is 17.2. The molecule has 4 unspecified atom stereocenters. The summed E-state index contributed by atoms with van der Waals surface area (Å²) in [6.45, 7) is -0.555. The second-order valence-electron chi connectivity index (χ2n) is 3.56. The number of phosphoric ester groups is 2. The molecule has 12 heteroatoms. The number of hydrogen-bond acceptors (Lipinski definition) is 10. The number of aliphatic hydroxyl groups is 1. The van der Waals surface area contributed by atoms with Crippen LogP contribution in [0.4, 0.5) is 0 Å². The largest absolute Gasteiger partial charge is 0.756 e. The van der Waals surface area contributed by atoms with E-state index in [1.165, 1.54) is 0 Å². The van der Waals surface area contributed by atoms with Crippen LogP contribution in [-0.2, 0) is 32.0 Å². The Balaban J connectivity index is 2.60. The van der Waals surface area contributed by atoms with E-state index in [0.717, 1.165) is 14.2 Å². The van der Waals surface area contributed by atoms with Gasteiger partial charge in [-0.05, 0) is 0 Å². The molecule has 114 valence electrons. The third-order valence-electron chi connectivity index (χ3n) is 2.29. The number of hydrogen-bond donors (Lipinski definition) is 1. The third-order valence-corrected chi connectivity index (χ3v) is 4.18. The summed E-state index contributed by atoms with van der Waals surface area (Å²) in [6.07, 6.45) is -3.66. The van der Waals surface area contributed by atoms with E-state index < -0.39 is 40.8 Å². The van der Waals surface area contributed by atoms with Crippen LogP contribution in [0, 0.1) is 0 Å². The smallest absolute Gasteiger partial charge is 0.267 e. The Hall–Kier alpha value is 0.140. The van der Waals surface area contributed by atoms with Crippen LogP contribution in [0.25, 0.3) is 0 Å². The fourth-order valence-corrected chi connectivity index (χ4v) is 2.45. The van der Waals surface area contributed by atoms with Crippen molar-refractivity contribution in [3.05, 3.63) is 0 Å². The molecular weight excluding hydrogens is 306 g/mol. The van der Waals surface area contributed by atoms with Crippen molar-refractivity contribution in [2.24, 2.45) is 0 Å². The van der Waals surface area contributed by atoms with Gasteiger partial charge in [-0.15, -0.1) is 0 Å². The van der Waals surface area contributed by atoms with E-state index in [-0.39, 0.29) is 6.42 Å². The van der Waals surface area contributed by atoms with Crippen molar-refractivity contribution < 1.29 is 46.9 Å². The van der Waals surface area contributed by atoms with Crippen LogP contribution in [0.2, 0.25) is 0 Å². The first-order valence-electron chi connectivity index (χ1n) is 5.09. The minimum absolute atomic E-state index is 0.167. The second-order valence-corrected chi connectivity index (χ2v) is 6.55. The molecule has 0 saturated carbocycles. The van der Waals surface area contributed by atoms with Gasteiger partial charge in [0.05, 0.1) is 12.7 Å². The van der Waals surface area contributed by atoms with Crippen molar-refractivity contribution in [1.29, 1.82) is 0 Å². The van der Waals surface area contributed by atoms with Gasteiger partial charge in [-0.1, -0.05) is 0 Å². The molecule has 0 amide bonds. The molecule has 19 heavy (non-hydrogen) atoms. The van der Waals surface area contributed by atoms with Gasteiger partial charge in [0, 0.05) is 20.6 Å². The Kier molecular flexibility index (Phi) is 6.09. The Labute approximate surface area is 109 Å². The molecule has 0 aliphatic carbocycles. The zero-order valence-corrected chi connectivity index (χ0v) is 12.0. The Morgan fingerprint density at radius 1 is 1.26 bits per heavy atom. The lowest BCUT2D eigenvalue weighted by Crippen LogP contribution is -2.30. The van der Waals surface area contributed by atoms with Gasteiger partial charge in [-0.3, -0.25) is 9.13 Å². The molecule has 0 bridgehead atoms. The third kappa shape index (κ3) is 5.57. The molecule has 1 aliphatic rings. The van der Waals surface area contributed by atoms with Crippen molar-refractivity contribution in [2.45, 2.75) is 24.9 Å². The van der Waals surface area contributed by atoms with Crippen LogP contribution in [0.15, 0.2) is 0 Å². The predicted molar refractivity (Wildman–Crippen MR) is 55.6 cm³/mol. The summed E-state index contributed by atoms with van der Waals surface area (Å²) in [4.78, 5) is 22.1. The monoisotopic (exact) mass is 320 g/mol. The number of rotatable bonds is 7. The van der Waals surface area contributed by atoms with Crippen molar-refractivity contribution in [3.8, 4) is 0 Å². The summed E-state index contributed by atoms with van der Waals surface area (Å²) >= 11 is 0. The van der Waals surface area contributed by atoms with Crippen LogP contribution >= 0.6 is 15.6 Å². The fraction of sp³-hybridized carbons (Fsp3) is 1.00. The highest BCUT2D eigenvalue weighted by Crippen LogP contribution is 2.43. The van der Waals surface area contributed by atoms with E-state index in [1.54, 1.807) is 0 Å². The summed E-state index contributed by atoms with van der Waals surface area (Å²) in [5, 5.41) is 9.26. The normalized spacial score (nSPS) is 33.8. The summed E-state index contributed by atoms with van der Waals surface area (Å²) in [6, 6.07) is 0. The molecule has 0 spiro atoms. The van der Waals surface area contributed by atoms with Gasteiger partial charge in [-0.25, -0.2) is 0 Å². The quantitative estimate of drug-likeness (QED) is 0.563. The minimum Gasteiger partial charge on any atom is -0.756 e. The summed E-state index contributed by atoms with van der Waals surface area (Å²) in [5.74, 6) is 0. The number of aliphatic hydroxyl groups excluding tert-OH is 1. The Morgan fingerprint density at radius 3 is 2.37 bits per heavy atom. The molecule has 1 rings (SSSR count). The maximum absolute atomic E-state index is 11.1. The van der Waals surface area contributed by atoms with Gasteiger partial charge in [0.1, 0.15) is 6.10 Å². The topological polar surface area (TPSA) is 147 Å². The molecule has 5 atom stereocenters. The van der Waals surface area contributed by atoms with Gasteiger partial charge >= 0.3 is 0 Å². The van der Waals surface area contributed by atoms with Gasteiger partial charge in [-0.2, -0.15) is 0 Å². The van der Waals surface area contributed by atoms with Crippen molar-refractivity contribution >= 4 is 15.6 Å². The molecule has 1 aliphatic heterocycles. The Bertz CT molecular complexity index is 386. The summed E-state index contributed by atoms with van der Waals surface area (Å²) in [5.41, 5.74) is 0. The summed E-state index contributed by atoms with van der Waals surface area (Å²) in [7, 11) is -7.20. The molecule has 0 aromatic carbocycles. The zero-order chi connectivity index (χ0) is 14.7. The predicted octanol–water partition coefficient (Wildman–Crippen LogP) is -1.27. The standard InChI is InChI=1S/C7H16O10P2/c1-13-18(9,10)15-4-6-5(3-7(8)16-6)17-19(11,12)14-2/h5-8H,3-4H2,1-2H3,(H,9,10)(H,11,12)/p-2/t5?,6-,7?/m1/s1. The van der Waals surface area contributed by atoms with E-state index in [9.17, 15) is 24.0 Å². The molecule has 1 N–H and O–H groups in total. The molecule has 0 aromatic rings. The molecule has 1 saturated heterocycles. The SMILES string of the molecule is COP(=O)([O-])OC[C@H]1OC(O)CC1OP(=O)([O-])OC. The zero-order valence-electron chi connectivity index (χ0n) is 10.2. The highest BCUT2D eigenvalue weighted by molar-refractivity contribution is 7.46. The summed E-state index contributed by atoms with van der Waals surface area (Å²) < 4.78 is 44.2. The van der Waals surface area contributed by atoms with E-state index in [0.29, 0.717) is 0 Å². The molecule has 1 fully saturated rings. The maximum atomic E-state index is 11.1. The first-order valence-corrected chi connectivity index (χ1v) is 8.01. The van der Waals surface area contributed by atoms with Gasteiger partial charge in [0.2, 0.25) is 0 Å². The molecule has 1 heterocycles. The van der Waals surface area contributed by atoms with Crippen LogP contribution in [0.3, 0.4) is 0 Å². The van der Waals surface area contributed by atoms with Gasteiger partial charge in [0.15, 0.2) is 6.29 Å². The average Bonchev–Trinajstić information content (AvgIpc) is 2.66. The number of ether oxygens (including phenoxy) is 1. The second kappa shape index (κ2) is 6.73. The van der Waals surface area contributed by atoms with Gasteiger partial charge < -0.3 is 37.7 Å². The van der Waals surface area contributed by atoms with Crippen LogP contribution in [-0.4, -0.2) is 44.4 Å². The van der Waals surface area contributed by atoms with E-state index >= 15 is 0 Å². The molecule has 0 aromatic heterocycles. The number of phosphoric acid groups is 2. The Morgan fingerprint density at radius 2 is 1.84 bits per heavy atom. The molecule has 0 radical (unpaired) electrons. The van der Waals surface area contributed by atoms with Crippen molar-refractivity contribution in [3.63, 3.8) is 0 Å². The molecule has 10 nitrogen and oxygen atoms in total. The average molecular weight is 320 g/mol. The highest BCUT2D eigenvalue weighted by atomic mass is 31.2. The van der Waals surface area contributed by atoms with Crippen molar-refractivity contribution in [1.82, 2.24) is 0 Å². The van der Waals surface area contributed by atoms with E-state index in [2.05, 4.69) is 18.1 Å². The maximum Gasteiger partial charge on any atom is 0.267 e. The lowest BCUT2D eigenvalue weighted by molar-refractivity contribution is -0.231. The van der Waals surface area contributed by atoms with E-state index in [1.807, 2.05) is 0 Å². The van der Waals surface area contributed by atoms with Crippen LogP contribution in [0.1, 0.15) is 6.42 Å². The molecular formula is C7H14O10P2-2. The highest BCUT2D eigenvalue weighted by Gasteiger charge is 2.38. The minimum atomic E-state index is -4.53. The fourth-order valence-electron chi connectivity index (χ4n) is 1.38. The van der Waals surface area contributed by atoms with Crippen molar-refractivity contribution in [2.75, 3.05) is 20.8 Å². The van der Waals surface area contributed by atoms with Gasteiger partial charge in [0.25, 0.3) is 15.6 Å².